The lowest BCUT2D eigenvalue weighted by molar-refractivity contribution is -0.138. The van der Waals surface area contributed by atoms with Crippen molar-refractivity contribution < 1.29 is 25.3 Å². The minimum absolute atomic E-state index is 0. The molecule has 0 aliphatic rings. The number of aliphatic carboxylic acids is 2. The highest BCUT2D eigenvalue weighted by atomic mass is 16.4. The van der Waals surface area contributed by atoms with E-state index in [1.54, 1.807) is 0 Å². The molecule has 0 spiro atoms. The van der Waals surface area contributed by atoms with E-state index in [4.69, 9.17) is 10.2 Å². The normalized spacial score (nSPS) is 9.14. The van der Waals surface area contributed by atoms with Gasteiger partial charge in [0.15, 0.2) is 0 Å². The van der Waals surface area contributed by atoms with Gasteiger partial charge in [-0.25, -0.2) is 0 Å². The van der Waals surface area contributed by atoms with Gasteiger partial charge in [0.05, 0.1) is 0 Å². The van der Waals surface area contributed by atoms with Crippen molar-refractivity contribution in [3.8, 4) is 0 Å². The van der Waals surface area contributed by atoms with Crippen molar-refractivity contribution in [2.24, 2.45) is 0 Å². The zero-order chi connectivity index (χ0) is 10.1. The molecule has 0 fully saturated rings. The van der Waals surface area contributed by atoms with Crippen molar-refractivity contribution in [2.45, 2.75) is 44.9 Å². The molecule has 5 heteroatoms. The van der Waals surface area contributed by atoms with Gasteiger partial charge in [0.1, 0.15) is 0 Å². The Morgan fingerprint density at radius 1 is 0.714 bits per heavy atom. The number of carboxylic acids is 2. The first-order chi connectivity index (χ1) is 6.13. The predicted molar refractivity (Wildman–Crippen MR) is 51.2 cm³/mol. The van der Waals surface area contributed by atoms with Crippen LogP contribution in [-0.4, -0.2) is 27.6 Å². The molecule has 0 bridgehead atoms. The summed E-state index contributed by atoms with van der Waals surface area (Å²) in [5.74, 6) is -1.52. The van der Waals surface area contributed by atoms with Crippen LogP contribution >= 0.6 is 0 Å². The topological polar surface area (TPSA) is 106 Å². The second-order valence-corrected chi connectivity index (χ2v) is 3.06. The third kappa shape index (κ3) is 13.5. The van der Waals surface area contributed by atoms with Crippen LogP contribution in [0.5, 0.6) is 0 Å². The molecule has 0 saturated heterocycles. The molecule has 0 aliphatic heterocycles. The SMILES string of the molecule is O.O=C(O)CCCCCCCC(=O)O. The number of rotatable bonds is 8. The number of unbranched alkanes of at least 4 members (excludes halogenated alkanes) is 4. The molecule has 0 aromatic rings. The second kappa shape index (κ2) is 9.98. The van der Waals surface area contributed by atoms with Gasteiger partial charge in [-0.2, -0.15) is 0 Å². The summed E-state index contributed by atoms with van der Waals surface area (Å²) in [6.45, 7) is 0. The van der Waals surface area contributed by atoms with Gasteiger partial charge in [0.25, 0.3) is 0 Å². The first kappa shape index (κ1) is 15.4. The van der Waals surface area contributed by atoms with Crippen molar-refractivity contribution in [1.82, 2.24) is 0 Å². The average Bonchev–Trinajstić information content (AvgIpc) is 2.01. The van der Waals surface area contributed by atoms with Crippen LogP contribution in [0.2, 0.25) is 0 Å². The van der Waals surface area contributed by atoms with Gasteiger partial charge in [0, 0.05) is 12.8 Å². The first-order valence-electron chi connectivity index (χ1n) is 4.56. The van der Waals surface area contributed by atoms with E-state index in [0.717, 1.165) is 19.3 Å². The summed E-state index contributed by atoms with van der Waals surface area (Å²) in [6, 6.07) is 0. The van der Waals surface area contributed by atoms with Crippen LogP contribution < -0.4 is 0 Å². The van der Waals surface area contributed by atoms with E-state index in [1.807, 2.05) is 0 Å². The van der Waals surface area contributed by atoms with Crippen LogP contribution in [0, 0.1) is 0 Å². The smallest absolute Gasteiger partial charge is 0.303 e. The van der Waals surface area contributed by atoms with Gasteiger partial charge >= 0.3 is 11.9 Å². The fraction of sp³-hybridized carbons (Fsp3) is 0.778. The van der Waals surface area contributed by atoms with Gasteiger partial charge in [-0.15, -0.1) is 0 Å². The van der Waals surface area contributed by atoms with E-state index in [2.05, 4.69) is 0 Å². The molecule has 0 radical (unpaired) electrons. The molecule has 0 saturated carbocycles. The zero-order valence-corrected chi connectivity index (χ0v) is 8.16. The Kier molecular flexibility index (Phi) is 11.0. The van der Waals surface area contributed by atoms with E-state index in [-0.39, 0.29) is 18.3 Å². The average molecular weight is 206 g/mol. The molecule has 14 heavy (non-hydrogen) atoms. The third-order valence-electron chi connectivity index (χ3n) is 1.78. The maximum atomic E-state index is 10.1. The first-order valence-corrected chi connectivity index (χ1v) is 4.56. The van der Waals surface area contributed by atoms with E-state index < -0.39 is 11.9 Å². The summed E-state index contributed by atoms with van der Waals surface area (Å²) >= 11 is 0. The van der Waals surface area contributed by atoms with Crippen LogP contribution in [0.3, 0.4) is 0 Å². The van der Waals surface area contributed by atoms with Crippen molar-refractivity contribution in [2.75, 3.05) is 0 Å². The van der Waals surface area contributed by atoms with Crippen LogP contribution in [0.25, 0.3) is 0 Å². The minimum Gasteiger partial charge on any atom is -0.481 e. The predicted octanol–water partition coefficient (Wildman–Crippen LogP) is 1.06. The summed E-state index contributed by atoms with van der Waals surface area (Å²) in [7, 11) is 0. The monoisotopic (exact) mass is 206 g/mol. The third-order valence-corrected chi connectivity index (χ3v) is 1.78. The number of hydrogen-bond acceptors (Lipinski definition) is 2. The van der Waals surface area contributed by atoms with E-state index in [9.17, 15) is 9.59 Å². The summed E-state index contributed by atoms with van der Waals surface area (Å²) < 4.78 is 0. The lowest BCUT2D eigenvalue weighted by Gasteiger charge is -1.97. The molecule has 0 unspecified atom stereocenters. The van der Waals surface area contributed by atoms with Gasteiger partial charge in [-0.05, 0) is 12.8 Å². The van der Waals surface area contributed by atoms with Crippen LogP contribution in [0.1, 0.15) is 44.9 Å². The maximum absolute atomic E-state index is 10.1. The van der Waals surface area contributed by atoms with Gasteiger partial charge in [0.2, 0.25) is 0 Å². The Morgan fingerprint density at radius 3 is 1.29 bits per heavy atom. The molecule has 4 N–H and O–H groups in total. The van der Waals surface area contributed by atoms with E-state index in [1.165, 1.54) is 0 Å². The zero-order valence-electron chi connectivity index (χ0n) is 8.16. The van der Waals surface area contributed by atoms with E-state index in [0.29, 0.717) is 12.8 Å². The van der Waals surface area contributed by atoms with Crippen LogP contribution in [0.4, 0.5) is 0 Å². The van der Waals surface area contributed by atoms with Crippen molar-refractivity contribution >= 4 is 11.9 Å². The molecule has 0 aromatic carbocycles. The van der Waals surface area contributed by atoms with E-state index >= 15 is 0 Å². The van der Waals surface area contributed by atoms with Gasteiger partial charge in [-0.3, -0.25) is 9.59 Å². The molecule has 0 aliphatic carbocycles. The summed E-state index contributed by atoms with van der Waals surface area (Å²) in [5.41, 5.74) is 0. The Bertz CT molecular complexity index is 149. The highest BCUT2D eigenvalue weighted by Gasteiger charge is 1.98. The Hall–Kier alpha value is -1.10. The fourth-order valence-electron chi connectivity index (χ4n) is 1.08. The molecule has 0 atom stereocenters. The Labute approximate surface area is 83.1 Å². The van der Waals surface area contributed by atoms with Crippen molar-refractivity contribution in [3.63, 3.8) is 0 Å². The molecule has 0 heterocycles. The highest BCUT2D eigenvalue weighted by molar-refractivity contribution is 5.66. The second-order valence-electron chi connectivity index (χ2n) is 3.06. The van der Waals surface area contributed by atoms with Crippen LogP contribution in [0.15, 0.2) is 0 Å². The van der Waals surface area contributed by atoms with Crippen LogP contribution in [-0.2, 0) is 9.59 Å². The summed E-state index contributed by atoms with van der Waals surface area (Å²) in [4.78, 5) is 20.2. The Morgan fingerprint density at radius 2 is 1.00 bits per heavy atom. The highest BCUT2D eigenvalue weighted by Crippen LogP contribution is 2.06. The lowest BCUT2D eigenvalue weighted by atomic mass is 10.1. The number of hydrogen-bond donors (Lipinski definition) is 2. The molecule has 5 nitrogen and oxygen atoms in total. The summed E-state index contributed by atoms with van der Waals surface area (Å²) in [5, 5.41) is 16.6. The largest absolute Gasteiger partial charge is 0.481 e. The van der Waals surface area contributed by atoms with Gasteiger partial charge in [-0.1, -0.05) is 19.3 Å². The van der Waals surface area contributed by atoms with Gasteiger partial charge < -0.3 is 15.7 Å². The molecule has 84 valence electrons. The van der Waals surface area contributed by atoms with Crippen molar-refractivity contribution in [1.29, 1.82) is 0 Å². The lowest BCUT2D eigenvalue weighted by Crippen LogP contribution is -1.95. The summed E-state index contributed by atoms with van der Waals surface area (Å²) in [6.07, 6.45) is 4.53. The molecular formula is C9H18O5. The quantitative estimate of drug-likeness (QED) is 0.579. The number of carbonyl (C=O) groups is 2. The molecule has 0 aromatic heterocycles. The maximum Gasteiger partial charge on any atom is 0.303 e. The Balaban J connectivity index is 0. The van der Waals surface area contributed by atoms with Crippen molar-refractivity contribution in [3.05, 3.63) is 0 Å². The number of carboxylic acid groups (broad SMARTS) is 2. The molecular weight excluding hydrogens is 188 g/mol. The minimum atomic E-state index is -0.759. The fourth-order valence-corrected chi connectivity index (χ4v) is 1.08. The molecule has 0 rings (SSSR count). The standard InChI is InChI=1S/C9H16O4.H2O/c10-8(11)6-4-2-1-3-5-7-9(12)13;/h1-7H2,(H,10,11)(H,12,13);1H2. The molecule has 0 amide bonds.